The molecular weight excluding hydrogens is 272 g/mol. The second-order valence-electron chi connectivity index (χ2n) is 5.89. The van der Waals surface area contributed by atoms with Crippen LogP contribution >= 0.6 is 0 Å². The number of carbonyl (C=O) groups excluding carboxylic acids is 2. The molecule has 7 heteroatoms. The van der Waals surface area contributed by atoms with Crippen LogP contribution in [0.5, 0.6) is 0 Å². The van der Waals surface area contributed by atoms with Crippen molar-refractivity contribution in [3.05, 3.63) is 24.0 Å². The van der Waals surface area contributed by atoms with Gasteiger partial charge in [-0.25, -0.2) is 9.59 Å². The lowest BCUT2D eigenvalue weighted by atomic mass is 10.0. The molecule has 7 nitrogen and oxygen atoms in total. The van der Waals surface area contributed by atoms with Gasteiger partial charge in [-0.2, -0.15) is 0 Å². The first-order valence-corrected chi connectivity index (χ1v) is 6.81. The van der Waals surface area contributed by atoms with Gasteiger partial charge in [0.15, 0.2) is 0 Å². The third kappa shape index (κ3) is 4.62. The number of carbonyl (C=O) groups is 2. The molecule has 2 rings (SSSR count). The molecule has 2 heterocycles. The van der Waals surface area contributed by atoms with E-state index in [1.54, 1.807) is 33.0 Å². The quantitative estimate of drug-likeness (QED) is 0.775. The Bertz CT molecular complexity index is 512. The van der Waals surface area contributed by atoms with Crippen LogP contribution in [0.15, 0.2) is 18.3 Å². The van der Waals surface area contributed by atoms with Crippen LogP contribution in [0.3, 0.4) is 0 Å². The van der Waals surface area contributed by atoms with Crippen LogP contribution in [-0.4, -0.2) is 35.8 Å². The predicted molar refractivity (Wildman–Crippen MR) is 78.2 cm³/mol. The summed E-state index contributed by atoms with van der Waals surface area (Å²) in [7, 11) is 0. The fourth-order valence-corrected chi connectivity index (χ4v) is 1.92. The first-order chi connectivity index (χ1) is 9.83. The molecule has 1 aliphatic heterocycles. The SMILES string of the molecule is CC(C)(C)OC(=O)Nc1ccc(C2CNC(=O)NC2)nc1. The number of amides is 3. The van der Waals surface area contributed by atoms with Gasteiger partial charge >= 0.3 is 12.1 Å². The van der Waals surface area contributed by atoms with Crippen molar-refractivity contribution in [1.82, 2.24) is 15.6 Å². The maximum absolute atomic E-state index is 11.6. The summed E-state index contributed by atoms with van der Waals surface area (Å²) in [5.41, 5.74) is 0.890. The van der Waals surface area contributed by atoms with Gasteiger partial charge in [0.2, 0.25) is 0 Å². The van der Waals surface area contributed by atoms with Crippen molar-refractivity contribution in [3.8, 4) is 0 Å². The Morgan fingerprint density at radius 1 is 1.33 bits per heavy atom. The van der Waals surface area contributed by atoms with Gasteiger partial charge in [0, 0.05) is 24.7 Å². The highest BCUT2D eigenvalue weighted by atomic mass is 16.6. The van der Waals surface area contributed by atoms with Gasteiger partial charge in [-0.1, -0.05) is 0 Å². The van der Waals surface area contributed by atoms with Crippen molar-refractivity contribution in [2.75, 3.05) is 18.4 Å². The first kappa shape index (κ1) is 15.1. The molecule has 1 aliphatic rings. The van der Waals surface area contributed by atoms with Gasteiger partial charge in [-0.15, -0.1) is 0 Å². The van der Waals surface area contributed by atoms with E-state index in [0.717, 1.165) is 5.69 Å². The van der Waals surface area contributed by atoms with Crippen LogP contribution in [0.1, 0.15) is 32.4 Å². The molecule has 3 N–H and O–H groups in total. The zero-order chi connectivity index (χ0) is 15.5. The molecule has 114 valence electrons. The first-order valence-electron chi connectivity index (χ1n) is 6.81. The second kappa shape index (κ2) is 5.99. The molecule has 0 bridgehead atoms. The molecule has 0 unspecified atom stereocenters. The number of hydrogen-bond acceptors (Lipinski definition) is 4. The molecule has 0 atom stereocenters. The highest BCUT2D eigenvalue weighted by Gasteiger charge is 2.20. The molecule has 3 amide bonds. The third-order valence-electron chi connectivity index (χ3n) is 2.87. The molecule has 1 aromatic rings. The summed E-state index contributed by atoms with van der Waals surface area (Å²) in [6.07, 6.45) is 1.07. The number of urea groups is 1. The molecule has 0 saturated carbocycles. The summed E-state index contributed by atoms with van der Waals surface area (Å²) >= 11 is 0. The van der Waals surface area contributed by atoms with Crippen molar-refractivity contribution in [2.45, 2.75) is 32.3 Å². The zero-order valence-corrected chi connectivity index (χ0v) is 12.4. The lowest BCUT2D eigenvalue weighted by Crippen LogP contribution is -2.47. The number of ether oxygens (including phenoxy) is 1. The van der Waals surface area contributed by atoms with E-state index in [4.69, 9.17) is 4.74 Å². The molecule has 1 saturated heterocycles. The number of rotatable bonds is 2. The van der Waals surface area contributed by atoms with Crippen molar-refractivity contribution in [3.63, 3.8) is 0 Å². The molecule has 21 heavy (non-hydrogen) atoms. The number of anilines is 1. The van der Waals surface area contributed by atoms with E-state index in [1.807, 2.05) is 6.07 Å². The number of hydrogen-bond donors (Lipinski definition) is 3. The Kier molecular flexibility index (Phi) is 4.30. The van der Waals surface area contributed by atoms with Gasteiger partial charge in [0.05, 0.1) is 11.9 Å². The monoisotopic (exact) mass is 292 g/mol. The molecule has 0 spiro atoms. The van der Waals surface area contributed by atoms with Crippen LogP contribution in [0.2, 0.25) is 0 Å². The van der Waals surface area contributed by atoms with Crippen molar-refractivity contribution in [2.24, 2.45) is 0 Å². The van der Waals surface area contributed by atoms with Gasteiger partial charge in [0.25, 0.3) is 0 Å². The van der Waals surface area contributed by atoms with Gasteiger partial charge in [-0.05, 0) is 32.9 Å². The molecule has 0 radical (unpaired) electrons. The molecule has 1 aromatic heterocycles. The Morgan fingerprint density at radius 2 is 2.00 bits per heavy atom. The van der Waals surface area contributed by atoms with Gasteiger partial charge < -0.3 is 15.4 Å². The Balaban J connectivity index is 1.93. The number of aromatic nitrogens is 1. The van der Waals surface area contributed by atoms with Crippen molar-refractivity contribution >= 4 is 17.8 Å². The summed E-state index contributed by atoms with van der Waals surface area (Å²) in [5, 5.41) is 8.07. The topological polar surface area (TPSA) is 92.4 Å². The lowest BCUT2D eigenvalue weighted by molar-refractivity contribution is 0.0636. The number of nitrogens with zero attached hydrogens (tertiary/aromatic N) is 1. The van der Waals surface area contributed by atoms with Crippen molar-refractivity contribution in [1.29, 1.82) is 0 Å². The average molecular weight is 292 g/mol. The largest absolute Gasteiger partial charge is 0.444 e. The van der Waals surface area contributed by atoms with E-state index in [1.165, 1.54) is 0 Å². The number of pyridine rings is 1. The lowest BCUT2D eigenvalue weighted by Gasteiger charge is -2.23. The summed E-state index contributed by atoms with van der Waals surface area (Å²) in [6.45, 7) is 6.52. The van der Waals surface area contributed by atoms with Crippen LogP contribution in [0, 0.1) is 0 Å². The van der Waals surface area contributed by atoms with Crippen LogP contribution in [-0.2, 0) is 4.74 Å². The smallest absolute Gasteiger partial charge is 0.412 e. The van der Waals surface area contributed by atoms with Crippen LogP contribution in [0.25, 0.3) is 0 Å². The van der Waals surface area contributed by atoms with E-state index >= 15 is 0 Å². The molecule has 0 aromatic carbocycles. The standard InChI is InChI=1S/C14H20N4O3/c1-14(2,3)21-13(20)18-10-4-5-11(15-8-10)9-6-16-12(19)17-7-9/h4-5,8-9H,6-7H2,1-3H3,(H,18,20)(H2,16,17,19). The normalized spacial score (nSPS) is 15.9. The van der Waals surface area contributed by atoms with E-state index < -0.39 is 11.7 Å². The fraction of sp³-hybridized carbons (Fsp3) is 0.500. The minimum atomic E-state index is -0.538. The minimum absolute atomic E-state index is 0.123. The highest BCUT2D eigenvalue weighted by Crippen LogP contribution is 2.16. The maximum Gasteiger partial charge on any atom is 0.412 e. The van der Waals surface area contributed by atoms with E-state index in [9.17, 15) is 9.59 Å². The molecule has 1 fully saturated rings. The minimum Gasteiger partial charge on any atom is -0.444 e. The second-order valence-corrected chi connectivity index (χ2v) is 5.89. The predicted octanol–water partition coefficient (Wildman–Crippen LogP) is 1.82. The number of nitrogens with one attached hydrogen (secondary N) is 3. The van der Waals surface area contributed by atoms with Gasteiger partial charge in [-0.3, -0.25) is 10.3 Å². The summed E-state index contributed by atoms with van der Waals surface area (Å²) < 4.78 is 5.16. The molecular formula is C14H20N4O3. The van der Waals surface area contributed by atoms with Crippen molar-refractivity contribution < 1.29 is 14.3 Å². The zero-order valence-electron chi connectivity index (χ0n) is 12.4. The van der Waals surface area contributed by atoms with E-state index in [0.29, 0.717) is 18.8 Å². The maximum atomic E-state index is 11.6. The fourth-order valence-electron chi connectivity index (χ4n) is 1.92. The van der Waals surface area contributed by atoms with E-state index in [2.05, 4.69) is 20.9 Å². The third-order valence-corrected chi connectivity index (χ3v) is 2.87. The van der Waals surface area contributed by atoms with Crippen LogP contribution in [0.4, 0.5) is 15.3 Å². The highest BCUT2D eigenvalue weighted by molar-refractivity contribution is 5.84. The Labute approximate surface area is 123 Å². The van der Waals surface area contributed by atoms with E-state index in [-0.39, 0.29) is 11.9 Å². The molecule has 0 aliphatic carbocycles. The Morgan fingerprint density at radius 3 is 2.52 bits per heavy atom. The average Bonchev–Trinajstić information content (AvgIpc) is 2.38. The summed E-state index contributed by atoms with van der Waals surface area (Å²) in [6, 6.07) is 3.44. The Hall–Kier alpha value is -2.31. The summed E-state index contributed by atoms with van der Waals surface area (Å²) in [5.74, 6) is 0.123. The van der Waals surface area contributed by atoms with Gasteiger partial charge in [0.1, 0.15) is 5.60 Å². The van der Waals surface area contributed by atoms with Crippen LogP contribution < -0.4 is 16.0 Å². The summed E-state index contributed by atoms with van der Waals surface area (Å²) in [4.78, 5) is 27.0.